The van der Waals surface area contributed by atoms with Crippen molar-refractivity contribution in [2.75, 3.05) is 0 Å². The van der Waals surface area contributed by atoms with E-state index in [1.165, 1.54) is 0 Å². The van der Waals surface area contributed by atoms with E-state index >= 15 is 0 Å². The molecule has 0 aromatic heterocycles. The summed E-state index contributed by atoms with van der Waals surface area (Å²) >= 11 is -1.04. The van der Waals surface area contributed by atoms with Crippen molar-refractivity contribution in [3.63, 3.8) is 0 Å². The summed E-state index contributed by atoms with van der Waals surface area (Å²) in [6, 6.07) is 0. The Morgan fingerprint density at radius 3 is 2.25 bits per heavy atom. The average molecular weight is 130 g/mol. The summed E-state index contributed by atoms with van der Waals surface area (Å²) in [6.07, 6.45) is 0.905. The molecule has 0 fully saturated rings. The zero-order valence-electron chi connectivity index (χ0n) is 5.60. The van der Waals surface area contributed by atoms with Crippen LogP contribution in [-0.2, 0) is 7.59 Å². The Kier molecular flexibility index (Phi) is 3.27. The van der Waals surface area contributed by atoms with Crippen LogP contribution in [0.15, 0.2) is 0 Å². The van der Waals surface area contributed by atoms with Gasteiger partial charge in [0.15, 0.2) is 0 Å². The second-order valence-corrected chi connectivity index (χ2v) is 2.76. The van der Waals surface area contributed by atoms with Gasteiger partial charge in [-0.3, -0.25) is 0 Å². The second-order valence-electron chi connectivity index (χ2n) is 2.33. The van der Waals surface area contributed by atoms with Crippen LogP contribution >= 0.6 is 0 Å². The van der Waals surface area contributed by atoms with Crippen molar-refractivity contribution in [2.24, 2.45) is 0 Å². The van der Waals surface area contributed by atoms with Gasteiger partial charge in [-0.2, -0.15) is 0 Å². The minimum atomic E-state index is -1.04. The van der Waals surface area contributed by atoms with Crippen molar-refractivity contribution in [1.82, 2.24) is 0 Å². The Morgan fingerprint density at radius 1 is 1.62 bits per heavy atom. The SMILES string of the molecule is CCC(C)(C)[O][Al]=[O]. The molecule has 46 valence electrons. The first-order valence-corrected chi connectivity index (χ1v) is 3.68. The Hall–Kier alpha value is 0.132. The third kappa shape index (κ3) is 3.18. The zero-order valence-corrected chi connectivity index (χ0v) is 6.76. The van der Waals surface area contributed by atoms with Crippen LogP contribution < -0.4 is 0 Å². The predicted octanol–water partition coefficient (Wildman–Crippen LogP) is 1.16. The Morgan fingerprint density at radius 2 is 2.12 bits per heavy atom. The van der Waals surface area contributed by atoms with Crippen LogP contribution in [0.3, 0.4) is 0 Å². The van der Waals surface area contributed by atoms with Crippen molar-refractivity contribution < 1.29 is 7.59 Å². The topological polar surface area (TPSA) is 26.3 Å². The summed E-state index contributed by atoms with van der Waals surface area (Å²) in [4.78, 5) is 0. The van der Waals surface area contributed by atoms with Gasteiger partial charge in [-0.05, 0) is 0 Å². The van der Waals surface area contributed by atoms with E-state index in [2.05, 4.69) is 0 Å². The van der Waals surface area contributed by atoms with Gasteiger partial charge in [0, 0.05) is 0 Å². The molecular formula is C5H11AlO2. The van der Waals surface area contributed by atoms with E-state index in [1.807, 2.05) is 20.8 Å². The van der Waals surface area contributed by atoms with Crippen LogP contribution in [-0.4, -0.2) is 21.1 Å². The molecule has 0 heterocycles. The molecule has 0 atom stereocenters. The molecule has 0 unspecified atom stereocenters. The second kappa shape index (κ2) is 3.22. The van der Waals surface area contributed by atoms with Gasteiger partial charge in [0.25, 0.3) is 0 Å². The van der Waals surface area contributed by atoms with Crippen molar-refractivity contribution in [1.29, 1.82) is 0 Å². The third-order valence-corrected chi connectivity index (χ3v) is 1.95. The fraction of sp³-hybridized carbons (Fsp3) is 1.00. The Balaban J connectivity index is 3.53. The van der Waals surface area contributed by atoms with Gasteiger partial charge in [-0.1, -0.05) is 0 Å². The molecule has 0 spiro atoms. The Labute approximate surface area is 56.5 Å². The van der Waals surface area contributed by atoms with E-state index in [1.54, 1.807) is 0 Å². The van der Waals surface area contributed by atoms with E-state index < -0.39 is 15.5 Å². The molecule has 0 aromatic rings. The quantitative estimate of drug-likeness (QED) is 0.536. The maximum atomic E-state index is 9.97. The van der Waals surface area contributed by atoms with Crippen LogP contribution in [0.5, 0.6) is 0 Å². The van der Waals surface area contributed by atoms with Crippen LogP contribution in [0, 0.1) is 0 Å². The fourth-order valence-electron chi connectivity index (χ4n) is 0.214. The van der Waals surface area contributed by atoms with E-state index in [-0.39, 0.29) is 5.60 Å². The average Bonchev–Trinajstić information content (AvgIpc) is 1.67. The summed E-state index contributed by atoms with van der Waals surface area (Å²) in [6.45, 7) is 5.87. The van der Waals surface area contributed by atoms with Gasteiger partial charge in [0.2, 0.25) is 0 Å². The predicted molar refractivity (Wildman–Crippen MR) is 31.9 cm³/mol. The first-order chi connectivity index (χ1) is 3.62. The standard InChI is InChI=1S/C5H11O.Al.O/c1-4-5(2,3)6;;/h4H2,1-3H3;;/q-1;+1;. The van der Waals surface area contributed by atoms with E-state index in [9.17, 15) is 3.80 Å². The molecule has 0 N–H and O–H groups in total. The Bertz CT molecular complexity index is 80.5. The molecule has 0 bridgehead atoms. The molecule has 0 aliphatic heterocycles. The molecule has 0 aliphatic rings. The van der Waals surface area contributed by atoms with E-state index in [0.717, 1.165) is 6.42 Å². The molecule has 0 aromatic carbocycles. The molecule has 0 radical (unpaired) electrons. The van der Waals surface area contributed by atoms with E-state index in [4.69, 9.17) is 3.79 Å². The molecule has 0 saturated heterocycles. The van der Waals surface area contributed by atoms with Gasteiger partial charge >= 0.3 is 55.9 Å². The normalized spacial score (nSPS) is 10.4. The molecule has 2 nitrogen and oxygen atoms in total. The maximum absolute atomic E-state index is 9.97. The van der Waals surface area contributed by atoms with Crippen molar-refractivity contribution in [2.45, 2.75) is 32.8 Å². The summed E-state index contributed by atoms with van der Waals surface area (Å²) < 4.78 is 14.9. The summed E-state index contributed by atoms with van der Waals surface area (Å²) in [5.74, 6) is 0. The van der Waals surface area contributed by atoms with Crippen LogP contribution in [0.25, 0.3) is 0 Å². The molecule has 0 aliphatic carbocycles. The molecule has 8 heavy (non-hydrogen) atoms. The third-order valence-electron chi connectivity index (χ3n) is 1.22. The van der Waals surface area contributed by atoms with Crippen molar-refractivity contribution in [3.05, 3.63) is 0 Å². The van der Waals surface area contributed by atoms with Gasteiger partial charge in [-0.15, -0.1) is 0 Å². The minimum absolute atomic E-state index is 0.183. The van der Waals surface area contributed by atoms with Crippen LogP contribution in [0.1, 0.15) is 27.2 Å². The van der Waals surface area contributed by atoms with E-state index in [0.29, 0.717) is 0 Å². The van der Waals surface area contributed by atoms with Gasteiger partial charge in [-0.25, -0.2) is 0 Å². The van der Waals surface area contributed by atoms with Gasteiger partial charge in [0.1, 0.15) is 0 Å². The van der Waals surface area contributed by atoms with Gasteiger partial charge in [0.05, 0.1) is 0 Å². The molecule has 3 heteroatoms. The van der Waals surface area contributed by atoms with Crippen molar-refractivity contribution in [3.8, 4) is 0 Å². The molecule has 0 rings (SSSR count). The van der Waals surface area contributed by atoms with Gasteiger partial charge < -0.3 is 0 Å². The summed E-state index contributed by atoms with van der Waals surface area (Å²) in [7, 11) is 0. The van der Waals surface area contributed by atoms with Crippen LogP contribution in [0.4, 0.5) is 0 Å². The fourth-order valence-corrected chi connectivity index (χ4v) is 0.641. The van der Waals surface area contributed by atoms with Crippen LogP contribution in [0.2, 0.25) is 0 Å². The monoisotopic (exact) mass is 130 g/mol. The zero-order chi connectivity index (χ0) is 6.62. The summed E-state index contributed by atoms with van der Waals surface area (Å²) in [5.41, 5.74) is -0.183. The van der Waals surface area contributed by atoms with Crippen molar-refractivity contribution >= 4 is 15.5 Å². The molecular weight excluding hydrogens is 119 g/mol. The molecule has 0 amide bonds. The number of hydrogen-bond donors (Lipinski definition) is 0. The first kappa shape index (κ1) is 8.13. The number of rotatable bonds is 3. The first-order valence-electron chi connectivity index (χ1n) is 2.74. The summed E-state index contributed by atoms with van der Waals surface area (Å²) in [5, 5.41) is 0. The number of hydrogen-bond acceptors (Lipinski definition) is 2. The molecule has 0 saturated carbocycles.